The molecule has 4 heteroatoms. The minimum Gasteiger partial charge on any atom is -0.383 e. The van der Waals surface area contributed by atoms with Crippen molar-refractivity contribution in [2.24, 2.45) is 0 Å². The van der Waals surface area contributed by atoms with Crippen LogP contribution in [0.25, 0.3) is 0 Å². The van der Waals surface area contributed by atoms with Gasteiger partial charge in [0.05, 0.1) is 6.61 Å². The highest BCUT2D eigenvalue weighted by molar-refractivity contribution is 5.43. The number of ether oxygens (including phenoxy) is 1. The fourth-order valence-electron chi connectivity index (χ4n) is 2.27. The first kappa shape index (κ1) is 12.3. The monoisotopic (exact) mass is 235 g/mol. The lowest BCUT2D eigenvalue weighted by Gasteiger charge is -2.10. The summed E-state index contributed by atoms with van der Waals surface area (Å²) in [5, 5.41) is 0. The van der Waals surface area contributed by atoms with E-state index in [0.717, 1.165) is 31.7 Å². The molecule has 4 nitrogen and oxygen atoms in total. The molecule has 0 fully saturated rings. The molecule has 17 heavy (non-hydrogen) atoms. The zero-order chi connectivity index (χ0) is 12.1. The van der Waals surface area contributed by atoms with Gasteiger partial charge in [-0.25, -0.2) is 9.97 Å². The van der Waals surface area contributed by atoms with Crippen LogP contribution in [-0.2, 0) is 24.0 Å². The van der Waals surface area contributed by atoms with Gasteiger partial charge in [0.1, 0.15) is 11.6 Å². The van der Waals surface area contributed by atoms with Gasteiger partial charge in [-0.2, -0.15) is 0 Å². The molecule has 1 aliphatic carbocycles. The largest absolute Gasteiger partial charge is 0.383 e. The fourth-order valence-corrected chi connectivity index (χ4v) is 2.27. The molecular weight excluding hydrogens is 214 g/mol. The van der Waals surface area contributed by atoms with Crippen LogP contribution in [0.4, 0.5) is 5.82 Å². The summed E-state index contributed by atoms with van der Waals surface area (Å²) in [6, 6.07) is 0. The van der Waals surface area contributed by atoms with E-state index < -0.39 is 0 Å². The van der Waals surface area contributed by atoms with Gasteiger partial charge in [0.2, 0.25) is 0 Å². The van der Waals surface area contributed by atoms with Gasteiger partial charge in [0.25, 0.3) is 0 Å². The van der Waals surface area contributed by atoms with Crippen molar-refractivity contribution < 1.29 is 4.74 Å². The SMILES string of the molecule is CCOCCc1nc(N)c2c(n1)CCCCC2. The van der Waals surface area contributed by atoms with E-state index in [9.17, 15) is 0 Å². The maximum Gasteiger partial charge on any atom is 0.133 e. The number of nitrogens with two attached hydrogens (primary N) is 1. The molecule has 1 aliphatic rings. The molecule has 0 spiro atoms. The van der Waals surface area contributed by atoms with Crippen LogP contribution < -0.4 is 5.73 Å². The predicted molar refractivity (Wildman–Crippen MR) is 67.9 cm³/mol. The molecule has 0 saturated heterocycles. The Morgan fingerprint density at radius 1 is 1.18 bits per heavy atom. The Labute approximate surface area is 103 Å². The van der Waals surface area contributed by atoms with E-state index >= 15 is 0 Å². The minimum atomic E-state index is 0.675. The number of nitrogens with zero attached hydrogens (tertiary/aromatic N) is 2. The maximum atomic E-state index is 6.02. The molecule has 0 atom stereocenters. The lowest BCUT2D eigenvalue weighted by atomic mass is 10.1. The van der Waals surface area contributed by atoms with Gasteiger partial charge in [-0.1, -0.05) is 6.42 Å². The van der Waals surface area contributed by atoms with E-state index in [2.05, 4.69) is 9.97 Å². The van der Waals surface area contributed by atoms with Gasteiger partial charge in [-0.05, 0) is 32.6 Å². The molecule has 2 N–H and O–H groups in total. The zero-order valence-electron chi connectivity index (χ0n) is 10.5. The van der Waals surface area contributed by atoms with Crippen LogP contribution in [-0.4, -0.2) is 23.2 Å². The molecule has 0 unspecified atom stereocenters. The Balaban J connectivity index is 2.14. The third kappa shape index (κ3) is 3.16. The third-order valence-corrected chi connectivity index (χ3v) is 3.19. The Bertz CT molecular complexity index is 379. The van der Waals surface area contributed by atoms with Crippen LogP contribution in [0.5, 0.6) is 0 Å². The molecule has 1 aromatic rings. The Morgan fingerprint density at radius 2 is 2.00 bits per heavy atom. The van der Waals surface area contributed by atoms with E-state index in [-0.39, 0.29) is 0 Å². The number of aromatic nitrogens is 2. The van der Waals surface area contributed by atoms with Crippen molar-refractivity contribution in [1.29, 1.82) is 0 Å². The standard InChI is InChI=1S/C13H21N3O/c1-2-17-9-8-12-15-11-7-5-3-4-6-10(11)13(14)16-12/h2-9H2,1H3,(H2,14,15,16). The number of anilines is 1. The summed E-state index contributed by atoms with van der Waals surface area (Å²) in [5.41, 5.74) is 8.37. The van der Waals surface area contributed by atoms with Gasteiger partial charge in [-0.3, -0.25) is 0 Å². The smallest absolute Gasteiger partial charge is 0.133 e. The highest BCUT2D eigenvalue weighted by Crippen LogP contribution is 2.22. The molecule has 0 amide bonds. The molecule has 2 rings (SSSR count). The number of rotatable bonds is 4. The van der Waals surface area contributed by atoms with E-state index in [4.69, 9.17) is 10.5 Å². The number of nitrogen functional groups attached to an aromatic ring is 1. The second kappa shape index (κ2) is 5.96. The normalized spacial score (nSPS) is 15.4. The molecular formula is C13H21N3O. The van der Waals surface area contributed by atoms with E-state index in [1.54, 1.807) is 0 Å². The summed E-state index contributed by atoms with van der Waals surface area (Å²) in [7, 11) is 0. The first-order chi connectivity index (χ1) is 8.31. The van der Waals surface area contributed by atoms with Gasteiger partial charge in [0.15, 0.2) is 0 Å². The average Bonchev–Trinajstić information content (AvgIpc) is 2.55. The number of hydrogen-bond donors (Lipinski definition) is 1. The van der Waals surface area contributed by atoms with Crippen LogP contribution in [0.15, 0.2) is 0 Å². The zero-order valence-corrected chi connectivity index (χ0v) is 10.5. The lowest BCUT2D eigenvalue weighted by molar-refractivity contribution is 0.149. The van der Waals surface area contributed by atoms with Crippen LogP contribution in [0.2, 0.25) is 0 Å². The maximum absolute atomic E-state index is 6.02. The topological polar surface area (TPSA) is 61.0 Å². The molecule has 94 valence electrons. The number of hydrogen-bond acceptors (Lipinski definition) is 4. The lowest BCUT2D eigenvalue weighted by Crippen LogP contribution is -2.10. The van der Waals surface area contributed by atoms with Gasteiger partial charge < -0.3 is 10.5 Å². The van der Waals surface area contributed by atoms with E-state index in [1.165, 1.54) is 30.5 Å². The summed E-state index contributed by atoms with van der Waals surface area (Å²) in [6.07, 6.45) is 6.53. The highest BCUT2D eigenvalue weighted by atomic mass is 16.5. The molecule has 1 aromatic heterocycles. The molecule has 0 bridgehead atoms. The van der Waals surface area contributed by atoms with Crippen LogP contribution in [0.3, 0.4) is 0 Å². The molecule has 0 aromatic carbocycles. The minimum absolute atomic E-state index is 0.675. The first-order valence-corrected chi connectivity index (χ1v) is 6.53. The number of fused-ring (bicyclic) bond motifs is 1. The summed E-state index contributed by atoms with van der Waals surface area (Å²) in [6.45, 7) is 3.40. The van der Waals surface area contributed by atoms with Gasteiger partial charge in [-0.15, -0.1) is 0 Å². The predicted octanol–water partition coefficient (Wildman–Crippen LogP) is 1.91. The fraction of sp³-hybridized carbons (Fsp3) is 0.692. The Kier molecular flexibility index (Phi) is 4.31. The van der Waals surface area contributed by atoms with Crippen molar-refractivity contribution >= 4 is 5.82 Å². The van der Waals surface area contributed by atoms with Crippen molar-refractivity contribution in [2.45, 2.75) is 45.4 Å². The number of aryl methyl sites for hydroxylation is 1. The van der Waals surface area contributed by atoms with Crippen molar-refractivity contribution in [1.82, 2.24) is 9.97 Å². The second-order valence-electron chi connectivity index (χ2n) is 4.46. The summed E-state index contributed by atoms with van der Waals surface area (Å²) < 4.78 is 5.33. The highest BCUT2D eigenvalue weighted by Gasteiger charge is 2.14. The van der Waals surface area contributed by atoms with Gasteiger partial charge in [0, 0.05) is 24.3 Å². The summed E-state index contributed by atoms with van der Waals surface area (Å²) in [4.78, 5) is 9.02. The Morgan fingerprint density at radius 3 is 2.82 bits per heavy atom. The third-order valence-electron chi connectivity index (χ3n) is 3.19. The van der Waals surface area contributed by atoms with Crippen molar-refractivity contribution in [3.63, 3.8) is 0 Å². The van der Waals surface area contributed by atoms with E-state index in [0.29, 0.717) is 12.4 Å². The molecule has 0 aliphatic heterocycles. The first-order valence-electron chi connectivity index (χ1n) is 6.53. The van der Waals surface area contributed by atoms with Gasteiger partial charge >= 0.3 is 0 Å². The van der Waals surface area contributed by atoms with Crippen molar-refractivity contribution in [3.05, 3.63) is 17.1 Å². The van der Waals surface area contributed by atoms with E-state index in [1.807, 2.05) is 6.92 Å². The molecule has 1 heterocycles. The quantitative estimate of drug-likeness (QED) is 0.639. The van der Waals surface area contributed by atoms with Crippen molar-refractivity contribution in [2.75, 3.05) is 18.9 Å². The second-order valence-corrected chi connectivity index (χ2v) is 4.46. The average molecular weight is 235 g/mol. The van der Waals surface area contributed by atoms with Crippen LogP contribution >= 0.6 is 0 Å². The Hall–Kier alpha value is -1.16. The summed E-state index contributed by atoms with van der Waals surface area (Å²) >= 11 is 0. The molecule has 0 radical (unpaired) electrons. The summed E-state index contributed by atoms with van der Waals surface area (Å²) in [5.74, 6) is 1.51. The molecule has 0 saturated carbocycles. The van der Waals surface area contributed by atoms with Crippen LogP contribution in [0, 0.1) is 0 Å². The van der Waals surface area contributed by atoms with Crippen LogP contribution in [0.1, 0.15) is 43.3 Å². The van der Waals surface area contributed by atoms with Crippen molar-refractivity contribution in [3.8, 4) is 0 Å².